The molecule has 5 aromatic rings. The quantitative estimate of drug-likeness (QED) is 0.159. The van der Waals surface area contributed by atoms with Gasteiger partial charge in [-0.1, -0.05) is 63.2 Å². The van der Waals surface area contributed by atoms with Crippen molar-refractivity contribution in [3.63, 3.8) is 0 Å². The number of benzene rings is 2. The lowest BCUT2D eigenvalue weighted by atomic mass is 10.00. The number of hydrogen-bond acceptors (Lipinski definition) is 6. The molecule has 1 atom stereocenters. The molecule has 0 fully saturated rings. The molecule has 0 unspecified atom stereocenters. The molecular formula is C35H38N6O. The number of Topliss-reactive ketones (excluding diaryl/α,β-unsaturated/α-hetero) is 1. The minimum absolute atomic E-state index is 0.124. The standard InChI is InChI=1S/C35H38N6O/c1-6-22-40(23-7-2)32-20-21-36-41-34(27-13-16-29(17-14-27)38-33(24(3)4)25(5)42)31(39-35(32)41)19-18-28-15-12-26-10-8-9-11-30(26)37-28/h6,8-21,24,33,38H,1,7,22-23H2,2-5H3/b19-18+/t33-/m0/s1. The van der Waals surface area contributed by atoms with E-state index in [4.69, 9.17) is 15.1 Å². The Hall–Kier alpha value is -4.78. The molecule has 3 heterocycles. The minimum Gasteiger partial charge on any atom is -0.375 e. The number of nitrogens with zero attached hydrogens (tertiary/aromatic N) is 5. The second-order valence-corrected chi connectivity index (χ2v) is 10.8. The third kappa shape index (κ3) is 6.10. The van der Waals surface area contributed by atoms with Gasteiger partial charge < -0.3 is 10.2 Å². The zero-order valence-electron chi connectivity index (χ0n) is 24.8. The third-order valence-electron chi connectivity index (χ3n) is 7.33. The van der Waals surface area contributed by atoms with Gasteiger partial charge >= 0.3 is 0 Å². The van der Waals surface area contributed by atoms with Crippen LogP contribution in [-0.4, -0.2) is 44.5 Å². The Morgan fingerprint density at radius 1 is 1.02 bits per heavy atom. The molecule has 0 saturated heterocycles. The number of carbonyl (C=O) groups excluding carboxylic acids is 1. The highest BCUT2D eigenvalue weighted by atomic mass is 16.1. The zero-order chi connectivity index (χ0) is 29.6. The summed E-state index contributed by atoms with van der Waals surface area (Å²) < 4.78 is 1.92. The first-order valence-electron chi connectivity index (χ1n) is 14.5. The van der Waals surface area contributed by atoms with Crippen LogP contribution in [0.25, 0.3) is 40.0 Å². The fraction of sp³-hybridized carbons (Fsp3) is 0.257. The molecule has 0 radical (unpaired) electrons. The fourth-order valence-electron chi connectivity index (χ4n) is 5.30. The van der Waals surface area contributed by atoms with E-state index in [-0.39, 0.29) is 17.7 Å². The van der Waals surface area contributed by atoms with E-state index in [2.05, 4.69) is 48.0 Å². The first-order chi connectivity index (χ1) is 20.4. The van der Waals surface area contributed by atoms with Crippen molar-refractivity contribution >= 4 is 45.9 Å². The molecule has 3 aromatic heterocycles. The molecule has 0 aliphatic rings. The van der Waals surface area contributed by atoms with Crippen molar-refractivity contribution in [3.05, 3.63) is 97.0 Å². The topological polar surface area (TPSA) is 75.4 Å². The summed E-state index contributed by atoms with van der Waals surface area (Å²) in [5.41, 5.74) is 7.15. The van der Waals surface area contributed by atoms with Crippen LogP contribution in [0.15, 0.2) is 85.6 Å². The van der Waals surface area contributed by atoms with Crippen LogP contribution in [-0.2, 0) is 4.79 Å². The largest absolute Gasteiger partial charge is 0.375 e. The summed E-state index contributed by atoms with van der Waals surface area (Å²) in [4.78, 5) is 24.4. The number of nitrogens with one attached hydrogen (secondary N) is 1. The molecular weight excluding hydrogens is 520 g/mol. The van der Waals surface area contributed by atoms with E-state index in [1.807, 2.05) is 85.3 Å². The maximum atomic E-state index is 12.2. The molecule has 0 aliphatic heterocycles. The number of pyridine rings is 1. The Morgan fingerprint density at radius 2 is 1.81 bits per heavy atom. The lowest BCUT2D eigenvalue weighted by Gasteiger charge is -2.22. The van der Waals surface area contributed by atoms with Crippen molar-refractivity contribution in [2.75, 3.05) is 23.3 Å². The molecule has 1 N–H and O–H groups in total. The Kier molecular flexibility index (Phi) is 8.77. The molecule has 0 bridgehead atoms. The number of anilines is 2. The number of fused-ring (bicyclic) bond motifs is 2. The first-order valence-corrected chi connectivity index (χ1v) is 14.5. The fourth-order valence-corrected chi connectivity index (χ4v) is 5.30. The average molecular weight is 559 g/mol. The normalized spacial score (nSPS) is 12.3. The van der Waals surface area contributed by atoms with E-state index in [1.165, 1.54) is 0 Å². The second-order valence-electron chi connectivity index (χ2n) is 10.8. The van der Waals surface area contributed by atoms with Crippen LogP contribution in [0.4, 0.5) is 11.4 Å². The van der Waals surface area contributed by atoms with Crippen LogP contribution >= 0.6 is 0 Å². The molecule has 0 spiro atoms. The van der Waals surface area contributed by atoms with Crippen molar-refractivity contribution in [3.8, 4) is 11.3 Å². The summed E-state index contributed by atoms with van der Waals surface area (Å²) in [5, 5.41) is 9.24. The van der Waals surface area contributed by atoms with E-state index < -0.39 is 0 Å². The lowest BCUT2D eigenvalue weighted by molar-refractivity contribution is -0.118. The van der Waals surface area contributed by atoms with Crippen LogP contribution < -0.4 is 10.2 Å². The summed E-state index contributed by atoms with van der Waals surface area (Å²) in [5.74, 6) is 0.309. The first kappa shape index (κ1) is 28.7. The number of para-hydroxylation sites is 1. The van der Waals surface area contributed by atoms with Gasteiger partial charge in [-0.15, -0.1) is 6.58 Å². The van der Waals surface area contributed by atoms with Crippen molar-refractivity contribution in [2.24, 2.45) is 5.92 Å². The monoisotopic (exact) mass is 558 g/mol. The molecule has 0 saturated carbocycles. The molecule has 2 aromatic carbocycles. The number of carbonyl (C=O) groups is 1. The van der Waals surface area contributed by atoms with E-state index in [0.29, 0.717) is 0 Å². The molecule has 0 amide bonds. The van der Waals surface area contributed by atoms with Crippen LogP contribution in [0.5, 0.6) is 0 Å². The predicted molar refractivity (Wildman–Crippen MR) is 175 cm³/mol. The highest BCUT2D eigenvalue weighted by Gasteiger charge is 2.20. The molecule has 214 valence electrons. The van der Waals surface area contributed by atoms with Gasteiger partial charge in [0.05, 0.1) is 34.8 Å². The van der Waals surface area contributed by atoms with Gasteiger partial charge in [-0.25, -0.2) is 14.5 Å². The number of imidazole rings is 1. The number of rotatable bonds is 12. The van der Waals surface area contributed by atoms with Crippen LogP contribution in [0.2, 0.25) is 0 Å². The molecule has 7 nitrogen and oxygen atoms in total. The molecule has 0 aliphatic carbocycles. The second kappa shape index (κ2) is 12.8. The Balaban J connectivity index is 1.60. The van der Waals surface area contributed by atoms with E-state index in [9.17, 15) is 4.79 Å². The van der Waals surface area contributed by atoms with Gasteiger partial charge in [0.2, 0.25) is 0 Å². The van der Waals surface area contributed by atoms with Crippen molar-refractivity contribution in [2.45, 2.75) is 40.2 Å². The summed E-state index contributed by atoms with van der Waals surface area (Å²) in [6.45, 7) is 13.5. The van der Waals surface area contributed by atoms with Gasteiger partial charge in [-0.3, -0.25) is 4.79 Å². The van der Waals surface area contributed by atoms with Gasteiger partial charge in [0.15, 0.2) is 11.4 Å². The van der Waals surface area contributed by atoms with Crippen LogP contribution in [0, 0.1) is 5.92 Å². The Labute approximate surface area is 247 Å². The van der Waals surface area contributed by atoms with Crippen molar-refractivity contribution in [1.29, 1.82) is 0 Å². The zero-order valence-corrected chi connectivity index (χ0v) is 24.8. The van der Waals surface area contributed by atoms with Gasteiger partial charge in [-0.05, 0) is 61.7 Å². The summed E-state index contributed by atoms with van der Waals surface area (Å²) in [6, 6.07) is 22.1. The summed E-state index contributed by atoms with van der Waals surface area (Å²) in [6.07, 6.45) is 8.76. The average Bonchev–Trinajstić information content (AvgIpc) is 3.37. The Morgan fingerprint density at radius 3 is 2.52 bits per heavy atom. The highest BCUT2D eigenvalue weighted by Crippen LogP contribution is 2.31. The minimum atomic E-state index is -0.238. The van der Waals surface area contributed by atoms with Crippen LogP contribution in [0.1, 0.15) is 45.5 Å². The smallest absolute Gasteiger partial charge is 0.178 e. The maximum Gasteiger partial charge on any atom is 0.178 e. The highest BCUT2D eigenvalue weighted by molar-refractivity contribution is 5.86. The molecule has 7 heteroatoms. The number of ketones is 1. The van der Waals surface area contributed by atoms with Crippen LogP contribution in [0.3, 0.4) is 0 Å². The number of aromatic nitrogens is 4. The van der Waals surface area contributed by atoms with E-state index >= 15 is 0 Å². The molecule has 5 rings (SSSR count). The lowest BCUT2D eigenvalue weighted by Crippen LogP contribution is -2.32. The van der Waals surface area contributed by atoms with E-state index in [1.54, 1.807) is 6.92 Å². The third-order valence-corrected chi connectivity index (χ3v) is 7.33. The van der Waals surface area contributed by atoms with Crippen molar-refractivity contribution in [1.82, 2.24) is 19.6 Å². The summed E-state index contributed by atoms with van der Waals surface area (Å²) in [7, 11) is 0. The van der Waals surface area contributed by atoms with E-state index in [0.717, 1.165) is 70.1 Å². The van der Waals surface area contributed by atoms with Gasteiger partial charge in [-0.2, -0.15) is 5.10 Å². The van der Waals surface area contributed by atoms with Gasteiger partial charge in [0.25, 0.3) is 0 Å². The summed E-state index contributed by atoms with van der Waals surface area (Å²) >= 11 is 0. The van der Waals surface area contributed by atoms with Gasteiger partial charge in [0, 0.05) is 29.7 Å². The Bertz CT molecular complexity index is 1730. The van der Waals surface area contributed by atoms with Crippen molar-refractivity contribution < 1.29 is 4.79 Å². The predicted octanol–water partition coefficient (Wildman–Crippen LogP) is 7.54. The maximum absolute atomic E-state index is 12.2. The molecule has 42 heavy (non-hydrogen) atoms. The SMILES string of the molecule is C=CCN(CCC)c1ccnn2c(-c3ccc(N[C@H](C(C)=O)C(C)C)cc3)c(/C=C/c3ccc4ccccc4n3)nc12. The van der Waals surface area contributed by atoms with Gasteiger partial charge in [0.1, 0.15) is 5.69 Å². The number of hydrogen-bond donors (Lipinski definition) is 1.